The van der Waals surface area contributed by atoms with Crippen molar-refractivity contribution in [2.24, 2.45) is 0 Å². The van der Waals surface area contributed by atoms with Crippen LogP contribution in [0.15, 0.2) is 24.3 Å². The smallest absolute Gasteiger partial charge is 0.0392 e. The van der Waals surface area contributed by atoms with Crippen LogP contribution in [0.25, 0.3) is 0 Å². The SMILES string of the molecule is CCNC1CC2CCC(C1)N2c1cccc(N(C)C)c1. The minimum atomic E-state index is 0.728. The first-order chi connectivity index (χ1) is 9.69. The van der Waals surface area contributed by atoms with Gasteiger partial charge in [-0.1, -0.05) is 13.0 Å². The van der Waals surface area contributed by atoms with Crippen LogP contribution in [0.2, 0.25) is 0 Å². The summed E-state index contributed by atoms with van der Waals surface area (Å²) in [6.07, 6.45) is 5.32. The average Bonchev–Trinajstić information content (AvgIpc) is 2.71. The molecule has 1 aromatic rings. The van der Waals surface area contributed by atoms with Gasteiger partial charge >= 0.3 is 0 Å². The maximum atomic E-state index is 3.65. The van der Waals surface area contributed by atoms with E-state index in [0.29, 0.717) is 0 Å². The number of hydrogen-bond acceptors (Lipinski definition) is 3. The molecule has 110 valence electrons. The molecule has 20 heavy (non-hydrogen) atoms. The summed E-state index contributed by atoms with van der Waals surface area (Å²) in [5.74, 6) is 0. The van der Waals surface area contributed by atoms with Gasteiger partial charge in [-0.2, -0.15) is 0 Å². The molecule has 0 spiro atoms. The van der Waals surface area contributed by atoms with Gasteiger partial charge in [0.2, 0.25) is 0 Å². The van der Waals surface area contributed by atoms with Crippen LogP contribution in [0.5, 0.6) is 0 Å². The first-order valence-corrected chi connectivity index (χ1v) is 7.98. The number of nitrogens with one attached hydrogen (secondary N) is 1. The molecule has 0 saturated carbocycles. The van der Waals surface area contributed by atoms with Crippen molar-refractivity contribution in [2.75, 3.05) is 30.4 Å². The van der Waals surface area contributed by atoms with Gasteiger partial charge in [0.05, 0.1) is 0 Å². The molecule has 2 saturated heterocycles. The van der Waals surface area contributed by atoms with Crippen LogP contribution in [0.3, 0.4) is 0 Å². The zero-order chi connectivity index (χ0) is 14.1. The minimum absolute atomic E-state index is 0.728. The number of fused-ring (bicyclic) bond motifs is 2. The molecule has 3 nitrogen and oxygen atoms in total. The Bertz CT molecular complexity index is 443. The third-order valence-corrected chi connectivity index (χ3v) is 4.87. The van der Waals surface area contributed by atoms with Gasteiger partial charge in [-0.3, -0.25) is 0 Å². The molecule has 0 radical (unpaired) electrons. The summed E-state index contributed by atoms with van der Waals surface area (Å²) < 4.78 is 0. The molecular formula is C17H27N3. The molecule has 0 aliphatic carbocycles. The molecule has 2 bridgehead atoms. The number of anilines is 2. The third-order valence-electron chi connectivity index (χ3n) is 4.87. The van der Waals surface area contributed by atoms with Crippen LogP contribution < -0.4 is 15.1 Å². The maximum Gasteiger partial charge on any atom is 0.0392 e. The van der Waals surface area contributed by atoms with E-state index in [2.05, 4.69) is 60.4 Å². The number of rotatable bonds is 4. The lowest BCUT2D eigenvalue weighted by molar-refractivity contribution is 0.361. The quantitative estimate of drug-likeness (QED) is 0.910. The number of hydrogen-bond donors (Lipinski definition) is 1. The van der Waals surface area contributed by atoms with Crippen molar-refractivity contribution in [2.45, 2.75) is 50.7 Å². The molecule has 3 heteroatoms. The summed E-state index contributed by atoms with van der Waals surface area (Å²) in [5.41, 5.74) is 2.72. The zero-order valence-corrected chi connectivity index (χ0v) is 13.0. The van der Waals surface area contributed by atoms with Crippen molar-refractivity contribution in [1.29, 1.82) is 0 Å². The topological polar surface area (TPSA) is 18.5 Å². The Balaban J connectivity index is 1.80. The minimum Gasteiger partial charge on any atom is -0.378 e. The molecule has 1 N–H and O–H groups in total. The normalized spacial score (nSPS) is 28.8. The first kappa shape index (κ1) is 13.7. The fourth-order valence-electron chi connectivity index (χ4n) is 3.99. The molecular weight excluding hydrogens is 246 g/mol. The van der Waals surface area contributed by atoms with Gasteiger partial charge in [-0.05, 0) is 50.4 Å². The second-order valence-electron chi connectivity index (χ2n) is 6.43. The Morgan fingerprint density at radius 1 is 1.20 bits per heavy atom. The first-order valence-electron chi connectivity index (χ1n) is 7.98. The van der Waals surface area contributed by atoms with E-state index in [9.17, 15) is 0 Å². The lowest BCUT2D eigenvalue weighted by atomic mass is 9.96. The summed E-state index contributed by atoms with van der Waals surface area (Å²) in [4.78, 5) is 4.89. The van der Waals surface area contributed by atoms with Crippen LogP contribution in [-0.4, -0.2) is 38.8 Å². The van der Waals surface area contributed by atoms with Gasteiger partial charge in [-0.15, -0.1) is 0 Å². The maximum absolute atomic E-state index is 3.65. The van der Waals surface area contributed by atoms with Gasteiger partial charge in [0.15, 0.2) is 0 Å². The van der Waals surface area contributed by atoms with E-state index in [1.165, 1.54) is 37.1 Å². The highest BCUT2D eigenvalue weighted by atomic mass is 15.2. The van der Waals surface area contributed by atoms with E-state index in [0.717, 1.165) is 24.7 Å². The summed E-state index contributed by atoms with van der Waals surface area (Å²) in [7, 11) is 4.23. The van der Waals surface area contributed by atoms with E-state index in [1.807, 2.05) is 0 Å². The van der Waals surface area contributed by atoms with Gasteiger partial charge < -0.3 is 15.1 Å². The molecule has 2 aliphatic rings. The third kappa shape index (κ3) is 2.51. The van der Waals surface area contributed by atoms with Gasteiger partial charge in [-0.25, -0.2) is 0 Å². The molecule has 0 aromatic heterocycles. The lowest BCUT2D eigenvalue weighted by Gasteiger charge is -2.41. The number of piperidine rings is 1. The highest BCUT2D eigenvalue weighted by molar-refractivity contribution is 5.60. The van der Waals surface area contributed by atoms with Crippen LogP contribution in [0.4, 0.5) is 11.4 Å². The van der Waals surface area contributed by atoms with Gasteiger partial charge in [0.1, 0.15) is 0 Å². The summed E-state index contributed by atoms with van der Waals surface area (Å²) >= 11 is 0. The monoisotopic (exact) mass is 273 g/mol. The summed E-state index contributed by atoms with van der Waals surface area (Å²) in [6, 6.07) is 11.2. The number of nitrogens with zero attached hydrogens (tertiary/aromatic N) is 2. The van der Waals surface area contributed by atoms with Crippen LogP contribution in [0.1, 0.15) is 32.6 Å². The van der Waals surface area contributed by atoms with Crippen molar-refractivity contribution >= 4 is 11.4 Å². The van der Waals surface area contributed by atoms with E-state index >= 15 is 0 Å². The molecule has 2 fully saturated rings. The molecule has 2 unspecified atom stereocenters. The van der Waals surface area contributed by atoms with E-state index in [-0.39, 0.29) is 0 Å². The second-order valence-corrected chi connectivity index (χ2v) is 6.43. The molecule has 1 aromatic carbocycles. The van der Waals surface area contributed by atoms with Crippen LogP contribution >= 0.6 is 0 Å². The van der Waals surface area contributed by atoms with E-state index in [4.69, 9.17) is 0 Å². The second kappa shape index (κ2) is 5.65. The summed E-state index contributed by atoms with van der Waals surface area (Å²) in [5, 5.41) is 3.65. The largest absolute Gasteiger partial charge is 0.378 e. The fraction of sp³-hybridized carbons (Fsp3) is 0.647. The molecule has 0 amide bonds. The Morgan fingerprint density at radius 2 is 1.90 bits per heavy atom. The predicted molar refractivity (Wildman–Crippen MR) is 86.8 cm³/mol. The van der Waals surface area contributed by atoms with Crippen molar-refractivity contribution in [1.82, 2.24) is 5.32 Å². The molecule has 3 rings (SSSR count). The van der Waals surface area contributed by atoms with Crippen LogP contribution in [0, 0.1) is 0 Å². The number of benzene rings is 1. The average molecular weight is 273 g/mol. The van der Waals surface area contributed by atoms with Crippen molar-refractivity contribution in [3.8, 4) is 0 Å². The van der Waals surface area contributed by atoms with Gasteiger partial charge in [0, 0.05) is 43.6 Å². The standard InChI is InChI=1S/C17H27N3/c1-4-18-13-10-16-8-9-17(11-13)20(16)15-7-5-6-14(12-15)19(2)3/h5-7,12-13,16-18H,4,8-11H2,1-3H3. The summed E-state index contributed by atoms with van der Waals surface area (Å²) in [6.45, 7) is 3.31. The highest BCUT2D eigenvalue weighted by Crippen LogP contribution is 2.40. The zero-order valence-electron chi connectivity index (χ0n) is 13.0. The predicted octanol–water partition coefficient (Wildman–Crippen LogP) is 2.86. The van der Waals surface area contributed by atoms with Crippen molar-refractivity contribution in [3.63, 3.8) is 0 Å². The lowest BCUT2D eigenvalue weighted by Crippen LogP contribution is -2.49. The Hall–Kier alpha value is -1.22. The fourth-order valence-corrected chi connectivity index (χ4v) is 3.99. The van der Waals surface area contributed by atoms with E-state index < -0.39 is 0 Å². The Kier molecular flexibility index (Phi) is 3.88. The van der Waals surface area contributed by atoms with Crippen molar-refractivity contribution in [3.05, 3.63) is 24.3 Å². The van der Waals surface area contributed by atoms with Crippen molar-refractivity contribution < 1.29 is 0 Å². The highest BCUT2D eigenvalue weighted by Gasteiger charge is 2.40. The van der Waals surface area contributed by atoms with Gasteiger partial charge in [0.25, 0.3) is 0 Å². The molecule has 2 heterocycles. The Labute approximate surface area is 123 Å². The molecule has 2 atom stereocenters. The Morgan fingerprint density at radius 3 is 2.50 bits per heavy atom. The molecule has 2 aliphatic heterocycles. The van der Waals surface area contributed by atoms with E-state index in [1.54, 1.807) is 0 Å². The van der Waals surface area contributed by atoms with Crippen LogP contribution in [-0.2, 0) is 0 Å².